The van der Waals surface area contributed by atoms with Crippen LogP contribution in [0.15, 0.2) is 60.7 Å². The molecule has 0 fully saturated rings. The van der Waals surface area contributed by atoms with Crippen LogP contribution in [0.25, 0.3) is 10.8 Å². The second-order valence-electron chi connectivity index (χ2n) is 8.66. The zero-order valence-corrected chi connectivity index (χ0v) is 19.7. The van der Waals surface area contributed by atoms with E-state index < -0.39 is 11.7 Å². The van der Waals surface area contributed by atoms with E-state index in [-0.39, 0.29) is 24.8 Å². The van der Waals surface area contributed by atoms with Gasteiger partial charge in [-0.15, -0.1) is 0 Å². The standard InChI is InChI=1S/C26H29N3O5/c1-26(2,3)34-25(32)29-21-16-20(11-12-22(21)33-4)28-23(30)13-14-27-24(31)19-10-9-17-7-5-6-8-18(17)15-19/h5-12,15-16H,13-14H2,1-4H3,(H,27,31)(H,28,30)(H,29,32). The molecule has 8 nitrogen and oxygen atoms in total. The second-order valence-corrected chi connectivity index (χ2v) is 8.66. The number of rotatable bonds is 7. The molecule has 3 N–H and O–H groups in total. The molecule has 0 spiro atoms. The number of carbonyl (C=O) groups excluding carboxylic acids is 3. The van der Waals surface area contributed by atoms with Crippen molar-refractivity contribution in [2.75, 3.05) is 24.3 Å². The fourth-order valence-corrected chi connectivity index (χ4v) is 3.24. The predicted octanol–water partition coefficient (Wildman–Crippen LogP) is 4.95. The van der Waals surface area contributed by atoms with E-state index in [9.17, 15) is 14.4 Å². The van der Waals surface area contributed by atoms with E-state index in [4.69, 9.17) is 9.47 Å². The topological polar surface area (TPSA) is 106 Å². The maximum absolute atomic E-state index is 12.4. The quantitative estimate of drug-likeness (QED) is 0.460. The van der Waals surface area contributed by atoms with Crippen molar-refractivity contribution in [3.8, 4) is 5.75 Å². The van der Waals surface area contributed by atoms with E-state index in [1.807, 2.05) is 36.4 Å². The fraction of sp³-hybridized carbons (Fsp3) is 0.269. The lowest BCUT2D eigenvalue weighted by Crippen LogP contribution is -2.28. The maximum atomic E-state index is 12.4. The first-order valence-corrected chi connectivity index (χ1v) is 10.9. The van der Waals surface area contributed by atoms with Gasteiger partial charge in [-0.25, -0.2) is 4.79 Å². The Hall–Kier alpha value is -4.07. The van der Waals surface area contributed by atoms with Crippen LogP contribution >= 0.6 is 0 Å². The Morgan fingerprint density at radius 3 is 2.32 bits per heavy atom. The highest BCUT2D eigenvalue weighted by Gasteiger charge is 2.18. The van der Waals surface area contributed by atoms with Crippen molar-refractivity contribution in [1.82, 2.24) is 5.32 Å². The molecule has 8 heteroatoms. The number of hydrogen-bond donors (Lipinski definition) is 3. The summed E-state index contributed by atoms with van der Waals surface area (Å²) in [4.78, 5) is 36.9. The van der Waals surface area contributed by atoms with Crippen LogP contribution in [0, 0.1) is 0 Å². The van der Waals surface area contributed by atoms with Crippen LogP contribution in [0.5, 0.6) is 5.75 Å². The van der Waals surface area contributed by atoms with Crippen molar-refractivity contribution < 1.29 is 23.9 Å². The summed E-state index contributed by atoms with van der Waals surface area (Å²) >= 11 is 0. The van der Waals surface area contributed by atoms with E-state index in [0.29, 0.717) is 22.7 Å². The number of hydrogen-bond acceptors (Lipinski definition) is 5. The zero-order chi connectivity index (χ0) is 24.7. The highest BCUT2D eigenvalue weighted by Crippen LogP contribution is 2.28. The third kappa shape index (κ3) is 6.96. The number of methoxy groups -OCH3 is 1. The zero-order valence-electron chi connectivity index (χ0n) is 19.7. The Morgan fingerprint density at radius 2 is 1.62 bits per heavy atom. The number of ether oxygens (including phenoxy) is 2. The van der Waals surface area contributed by atoms with Crippen molar-refractivity contribution in [2.24, 2.45) is 0 Å². The Kier molecular flexibility index (Phi) is 7.73. The molecule has 0 aliphatic heterocycles. The molecule has 0 saturated carbocycles. The number of nitrogens with one attached hydrogen (secondary N) is 3. The molecule has 178 valence electrons. The third-order valence-corrected chi connectivity index (χ3v) is 4.77. The minimum atomic E-state index is -0.652. The Labute approximate surface area is 198 Å². The average Bonchev–Trinajstić information content (AvgIpc) is 2.77. The van der Waals surface area contributed by atoms with Gasteiger partial charge in [-0.2, -0.15) is 0 Å². The van der Waals surface area contributed by atoms with Crippen LogP contribution in [0.4, 0.5) is 16.2 Å². The van der Waals surface area contributed by atoms with Gasteiger partial charge in [0.05, 0.1) is 12.8 Å². The van der Waals surface area contributed by atoms with Crippen LogP contribution in [0.3, 0.4) is 0 Å². The van der Waals surface area contributed by atoms with Crippen molar-refractivity contribution in [3.63, 3.8) is 0 Å². The molecule has 3 rings (SSSR count). The highest BCUT2D eigenvalue weighted by atomic mass is 16.6. The number of amides is 3. The summed E-state index contributed by atoms with van der Waals surface area (Å²) in [5.74, 6) is -0.106. The molecule has 0 heterocycles. The van der Waals surface area contributed by atoms with Gasteiger partial charge >= 0.3 is 6.09 Å². The lowest BCUT2D eigenvalue weighted by atomic mass is 10.1. The van der Waals surface area contributed by atoms with E-state index in [1.54, 1.807) is 45.0 Å². The van der Waals surface area contributed by atoms with Gasteiger partial charge in [0, 0.05) is 24.2 Å². The van der Waals surface area contributed by atoms with E-state index in [2.05, 4.69) is 16.0 Å². The summed E-state index contributed by atoms with van der Waals surface area (Å²) in [6.45, 7) is 5.47. The van der Waals surface area contributed by atoms with Gasteiger partial charge in [0.25, 0.3) is 5.91 Å². The van der Waals surface area contributed by atoms with Crippen molar-refractivity contribution in [1.29, 1.82) is 0 Å². The van der Waals surface area contributed by atoms with Crippen LogP contribution in [0.2, 0.25) is 0 Å². The van der Waals surface area contributed by atoms with Crippen LogP contribution < -0.4 is 20.7 Å². The molecular weight excluding hydrogens is 434 g/mol. The summed E-state index contributed by atoms with van der Waals surface area (Å²) in [6.07, 6.45) is -0.550. The molecule has 0 aliphatic carbocycles. The molecule has 3 amide bonds. The summed E-state index contributed by atoms with van der Waals surface area (Å²) in [5.41, 5.74) is 0.712. The number of carbonyl (C=O) groups is 3. The van der Waals surface area contributed by atoms with Crippen molar-refractivity contribution >= 4 is 40.1 Å². The third-order valence-electron chi connectivity index (χ3n) is 4.77. The molecular formula is C26H29N3O5. The number of anilines is 2. The molecule has 0 bridgehead atoms. The first-order valence-electron chi connectivity index (χ1n) is 10.9. The molecule has 3 aromatic carbocycles. The van der Waals surface area contributed by atoms with Gasteiger partial charge in [-0.1, -0.05) is 30.3 Å². The summed E-state index contributed by atoms with van der Waals surface area (Å²) in [6, 6.07) is 18.1. The molecule has 0 aromatic heterocycles. The molecule has 0 saturated heterocycles. The summed E-state index contributed by atoms with van der Waals surface area (Å²) < 4.78 is 10.5. The Balaban J connectivity index is 1.54. The summed E-state index contributed by atoms with van der Waals surface area (Å²) in [7, 11) is 1.48. The lowest BCUT2D eigenvalue weighted by Gasteiger charge is -2.20. The van der Waals surface area contributed by atoms with Gasteiger partial charge in [-0.05, 0) is 61.9 Å². The normalized spacial score (nSPS) is 10.9. The minimum Gasteiger partial charge on any atom is -0.495 e. The molecule has 0 aliphatic rings. The monoisotopic (exact) mass is 463 g/mol. The fourth-order valence-electron chi connectivity index (χ4n) is 3.24. The lowest BCUT2D eigenvalue weighted by molar-refractivity contribution is -0.116. The van der Waals surface area contributed by atoms with Crippen molar-refractivity contribution in [2.45, 2.75) is 32.8 Å². The summed E-state index contributed by atoms with van der Waals surface area (Å²) in [5, 5.41) is 10.2. The average molecular weight is 464 g/mol. The predicted molar refractivity (Wildman–Crippen MR) is 132 cm³/mol. The highest BCUT2D eigenvalue weighted by molar-refractivity contribution is 5.99. The molecule has 34 heavy (non-hydrogen) atoms. The Morgan fingerprint density at radius 1 is 0.882 bits per heavy atom. The molecule has 0 atom stereocenters. The first-order chi connectivity index (χ1) is 16.1. The van der Waals surface area contributed by atoms with E-state index >= 15 is 0 Å². The SMILES string of the molecule is COc1ccc(NC(=O)CCNC(=O)c2ccc3ccccc3c2)cc1NC(=O)OC(C)(C)C. The largest absolute Gasteiger partial charge is 0.495 e. The number of fused-ring (bicyclic) bond motifs is 1. The second kappa shape index (κ2) is 10.7. The minimum absolute atomic E-state index is 0.0835. The van der Waals surface area contributed by atoms with Crippen LogP contribution in [-0.4, -0.2) is 37.2 Å². The van der Waals surface area contributed by atoms with Crippen molar-refractivity contribution in [3.05, 3.63) is 66.2 Å². The first kappa shape index (κ1) is 24.6. The Bertz CT molecular complexity index is 1200. The maximum Gasteiger partial charge on any atom is 0.412 e. The van der Waals surface area contributed by atoms with Crippen LogP contribution in [-0.2, 0) is 9.53 Å². The smallest absolute Gasteiger partial charge is 0.412 e. The van der Waals surface area contributed by atoms with Crippen LogP contribution in [0.1, 0.15) is 37.6 Å². The number of benzene rings is 3. The van der Waals surface area contributed by atoms with Gasteiger partial charge in [-0.3, -0.25) is 14.9 Å². The van der Waals surface area contributed by atoms with Gasteiger partial charge in [0.15, 0.2) is 0 Å². The van der Waals surface area contributed by atoms with Gasteiger partial charge < -0.3 is 20.1 Å². The molecule has 0 radical (unpaired) electrons. The molecule has 0 unspecified atom stereocenters. The van der Waals surface area contributed by atoms with Gasteiger partial charge in [0.1, 0.15) is 11.4 Å². The molecule has 3 aromatic rings. The van der Waals surface area contributed by atoms with E-state index in [1.165, 1.54) is 7.11 Å². The van der Waals surface area contributed by atoms with Gasteiger partial charge in [0.2, 0.25) is 5.91 Å². The van der Waals surface area contributed by atoms with E-state index in [0.717, 1.165) is 10.8 Å².